The van der Waals surface area contributed by atoms with E-state index in [-0.39, 0.29) is 11.6 Å². The number of imide groups is 1. The van der Waals surface area contributed by atoms with Gasteiger partial charge in [0.1, 0.15) is 11.9 Å². The molecule has 0 bridgehead atoms. The SMILES string of the molecule is Cc1ccc(C(=O)N2CCC3NC(=O)N(c4ccc(F)cc4)C(=O)C32)cc1. The number of nitrogens with one attached hydrogen (secondary N) is 1. The summed E-state index contributed by atoms with van der Waals surface area (Å²) in [5, 5.41) is 2.80. The molecule has 2 unspecified atom stereocenters. The van der Waals surface area contributed by atoms with Crippen LogP contribution < -0.4 is 10.2 Å². The quantitative estimate of drug-likeness (QED) is 0.887. The zero-order chi connectivity index (χ0) is 19.1. The fourth-order valence-corrected chi connectivity index (χ4v) is 3.63. The van der Waals surface area contributed by atoms with E-state index in [2.05, 4.69) is 5.32 Å². The molecule has 4 amide bonds. The first-order valence-electron chi connectivity index (χ1n) is 8.73. The molecule has 0 saturated carbocycles. The maximum Gasteiger partial charge on any atom is 0.329 e. The summed E-state index contributed by atoms with van der Waals surface area (Å²) in [6.07, 6.45) is 0.511. The predicted octanol–water partition coefficient (Wildman–Crippen LogP) is 2.47. The summed E-state index contributed by atoms with van der Waals surface area (Å²) >= 11 is 0. The first-order chi connectivity index (χ1) is 13.0. The Morgan fingerprint density at radius 1 is 1.07 bits per heavy atom. The summed E-state index contributed by atoms with van der Waals surface area (Å²) in [6, 6.07) is 10.5. The number of hydrogen-bond acceptors (Lipinski definition) is 3. The molecule has 2 heterocycles. The van der Waals surface area contributed by atoms with Gasteiger partial charge in [-0.3, -0.25) is 9.59 Å². The Kier molecular flexibility index (Phi) is 4.14. The van der Waals surface area contributed by atoms with E-state index in [0.717, 1.165) is 10.5 Å². The van der Waals surface area contributed by atoms with Crippen molar-refractivity contribution in [3.63, 3.8) is 0 Å². The van der Waals surface area contributed by atoms with Crippen molar-refractivity contribution in [2.45, 2.75) is 25.4 Å². The van der Waals surface area contributed by atoms with Crippen LogP contribution in [-0.4, -0.2) is 41.4 Å². The van der Waals surface area contributed by atoms with Gasteiger partial charge in [-0.1, -0.05) is 17.7 Å². The number of urea groups is 1. The van der Waals surface area contributed by atoms with Crippen molar-refractivity contribution in [3.8, 4) is 0 Å². The molecule has 1 N–H and O–H groups in total. The van der Waals surface area contributed by atoms with E-state index >= 15 is 0 Å². The van der Waals surface area contributed by atoms with Crippen LogP contribution >= 0.6 is 0 Å². The zero-order valence-corrected chi connectivity index (χ0v) is 14.7. The molecule has 2 atom stereocenters. The average molecular weight is 367 g/mol. The van der Waals surface area contributed by atoms with Crippen LogP contribution in [0.4, 0.5) is 14.9 Å². The van der Waals surface area contributed by atoms with Gasteiger partial charge in [-0.05, 0) is 49.7 Å². The van der Waals surface area contributed by atoms with Crippen LogP contribution in [0.5, 0.6) is 0 Å². The summed E-state index contributed by atoms with van der Waals surface area (Å²) in [7, 11) is 0. The number of anilines is 1. The third-order valence-electron chi connectivity index (χ3n) is 5.03. The van der Waals surface area contributed by atoms with Crippen LogP contribution in [0, 0.1) is 12.7 Å². The number of fused-ring (bicyclic) bond motifs is 1. The number of likely N-dealkylation sites (tertiary alicyclic amines) is 1. The predicted molar refractivity (Wildman–Crippen MR) is 96.8 cm³/mol. The average Bonchev–Trinajstić information content (AvgIpc) is 3.07. The molecular formula is C20H18FN3O3. The Hall–Kier alpha value is -3.22. The molecule has 2 aromatic rings. The molecule has 2 fully saturated rings. The molecule has 138 valence electrons. The number of amides is 4. The number of carbonyl (C=O) groups excluding carboxylic acids is 3. The summed E-state index contributed by atoms with van der Waals surface area (Å²) in [5.41, 5.74) is 1.81. The van der Waals surface area contributed by atoms with Gasteiger partial charge < -0.3 is 10.2 Å². The highest BCUT2D eigenvalue weighted by molar-refractivity contribution is 6.19. The molecule has 7 heteroatoms. The van der Waals surface area contributed by atoms with Crippen molar-refractivity contribution < 1.29 is 18.8 Å². The van der Waals surface area contributed by atoms with E-state index in [9.17, 15) is 18.8 Å². The van der Waals surface area contributed by atoms with Gasteiger partial charge in [-0.2, -0.15) is 0 Å². The Balaban J connectivity index is 1.64. The van der Waals surface area contributed by atoms with Crippen molar-refractivity contribution in [1.82, 2.24) is 10.2 Å². The standard InChI is InChI=1S/C20H18FN3O3/c1-12-2-4-13(5-3-12)18(25)23-11-10-16-17(23)19(26)24(20(27)22-16)15-8-6-14(21)7-9-15/h2-9,16-17H,10-11H2,1H3,(H,22,27). The molecule has 0 aliphatic carbocycles. The van der Waals surface area contributed by atoms with Gasteiger partial charge in [0.05, 0.1) is 11.7 Å². The second-order valence-electron chi connectivity index (χ2n) is 6.80. The summed E-state index contributed by atoms with van der Waals surface area (Å²) in [5.74, 6) is -1.18. The molecule has 0 radical (unpaired) electrons. The maximum atomic E-state index is 13.2. The number of rotatable bonds is 2. The van der Waals surface area contributed by atoms with Crippen LogP contribution in [0.2, 0.25) is 0 Å². The molecule has 2 aliphatic heterocycles. The molecule has 0 aromatic heterocycles. The first kappa shape index (κ1) is 17.2. The second kappa shape index (κ2) is 6.50. The lowest BCUT2D eigenvalue weighted by Crippen LogP contribution is -2.65. The highest BCUT2D eigenvalue weighted by atomic mass is 19.1. The monoisotopic (exact) mass is 367 g/mol. The molecule has 2 aromatic carbocycles. The minimum atomic E-state index is -0.776. The lowest BCUT2D eigenvalue weighted by Gasteiger charge is -2.36. The Morgan fingerprint density at radius 3 is 2.41 bits per heavy atom. The van der Waals surface area contributed by atoms with Crippen molar-refractivity contribution in [3.05, 3.63) is 65.5 Å². The van der Waals surface area contributed by atoms with Gasteiger partial charge in [-0.15, -0.1) is 0 Å². The van der Waals surface area contributed by atoms with Crippen LogP contribution in [0.3, 0.4) is 0 Å². The van der Waals surface area contributed by atoms with E-state index in [4.69, 9.17) is 0 Å². The highest BCUT2D eigenvalue weighted by Gasteiger charge is 2.49. The molecule has 0 spiro atoms. The Bertz CT molecular complexity index is 911. The van der Waals surface area contributed by atoms with Crippen LogP contribution in [0.25, 0.3) is 0 Å². The van der Waals surface area contributed by atoms with Gasteiger partial charge in [0.15, 0.2) is 0 Å². The van der Waals surface area contributed by atoms with Crippen molar-refractivity contribution >= 4 is 23.5 Å². The van der Waals surface area contributed by atoms with E-state index in [1.54, 1.807) is 12.1 Å². The van der Waals surface area contributed by atoms with Gasteiger partial charge >= 0.3 is 6.03 Å². The summed E-state index contributed by atoms with van der Waals surface area (Å²) in [4.78, 5) is 40.9. The van der Waals surface area contributed by atoms with Crippen LogP contribution in [-0.2, 0) is 4.79 Å². The van der Waals surface area contributed by atoms with Gasteiger partial charge in [0.25, 0.3) is 11.8 Å². The Labute approximate surface area is 155 Å². The first-order valence-corrected chi connectivity index (χ1v) is 8.73. The van der Waals surface area contributed by atoms with Gasteiger partial charge in [-0.25, -0.2) is 14.1 Å². The third-order valence-corrected chi connectivity index (χ3v) is 5.03. The largest absolute Gasteiger partial charge is 0.332 e. The minimum absolute atomic E-state index is 0.244. The van der Waals surface area contributed by atoms with E-state index in [1.807, 2.05) is 19.1 Å². The number of halogens is 1. The number of benzene rings is 2. The van der Waals surface area contributed by atoms with Crippen molar-refractivity contribution in [2.24, 2.45) is 0 Å². The smallest absolute Gasteiger partial charge is 0.329 e. The molecule has 6 nitrogen and oxygen atoms in total. The lowest BCUT2D eigenvalue weighted by molar-refractivity contribution is -0.122. The number of carbonyl (C=O) groups is 3. The highest BCUT2D eigenvalue weighted by Crippen LogP contribution is 2.29. The molecule has 27 heavy (non-hydrogen) atoms. The van der Waals surface area contributed by atoms with Gasteiger partial charge in [0, 0.05) is 12.1 Å². The van der Waals surface area contributed by atoms with Crippen molar-refractivity contribution in [1.29, 1.82) is 0 Å². The summed E-state index contributed by atoms with van der Waals surface area (Å²) < 4.78 is 13.2. The molecular weight excluding hydrogens is 349 g/mol. The topological polar surface area (TPSA) is 69.7 Å². The third kappa shape index (κ3) is 2.95. The van der Waals surface area contributed by atoms with Crippen molar-refractivity contribution in [2.75, 3.05) is 11.4 Å². The normalized spacial score (nSPS) is 21.9. The maximum absolute atomic E-state index is 13.2. The minimum Gasteiger partial charge on any atom is -0.332 e. The van der Waals surface area contributed by atoms with Crippen LogP contribution in [0.15, 0.2) is 48.5 Å². The Morgan fingerprint density at radius 2 is 1.74 bits per heavy atom. The van der Waals surface area contributed by atoms with E-state index in [0.29, 0.717) is 18.5 Å². The van der Waals surface area contributed by atoms with Crippen LogP contribution in [0.1, 0.15) is 22.3 Å². The molecule has 2 saturated heterocycles. The molecule has 2 aliphatic rings. The van der Waals surface area contributed by atoms with E-state index < -0.39 is 29.8 Å². The van der Waals surface area contributed by atoms with E-state index in [1.165, 1.54) is 29.2 Å². The zero-order valence-electron chi connectivity index (χ0n) is 14.7. The summed E-state index contributed by atoms with van der Waals surface area (Å²) in [6.45, 7) is 2.31. The lowest BCUT2D eigenvalue weighted by atomic mass is 10.0. The van der Waals surface area contributed by atoms with Gasteiger partial charge in [0.2, 0.25) is 0 Å². The second-order valence-corrected chi connectivity index (χ2v) is 6.80. The molecule has 4 rings (SSSR count). The number of aryl methyl sites for hydroxylation is 1. The number of nitrogens with zero attached hydrogens (tertiary/aromatic N) is 2. The fourth-order valence-electron chi connectivity index (χ4n) is 3.63. The number of hydrogen-bond donors (Lipinski definition) is 1. The fraction of sp³-hybridized carbons (Fsp3) is 0.250.